The summed E-state index contributed by atoms with van der Waals surface area (Å²) in [5, 5.41) is 20.6. The van der Waals surface area contributed by atoms with Crippen LogP contribution >= 0.6 is 0 Å². The van der Waals surface area contributed by atoms with E-state index >= 15 is 0 Å². The molecule has 1 aromatic rings. The van der Waals surface area contributed by atoms with Gasteiger partial charge in [0.1, 0.15) is 16.9 Å². The minimum Gasteiger partial charge on any atom is -0.485 e. The van der Waals surface area contributed by atoms with Gasteiger partial charge in [-0.1, -0.05) is 19.9 Å². The van der Waals surface area contributed by atoms with Crippen LogP contribution in [0.15, 0.2) is 10.9 Å². The van der Waals surface area contributed by atoms with Crippen LogP contribution < -0.4 is 10.2 Å². The molecule has 0 radical (unpaired) electrons. The second-order valence-electron chi connectivity index (χ2n) is 10.7. The van der Waals surface area contributed by atoms with Crippen LogP contribution in [-0.4, -0.2) is 40.5 Å². The van der Waals surface area contributed by atoms with E-state index in [9.17, 15) is 24.6 Å². The Morgan fingerprint density at radius 1 is 1.27 bits per heavy atom. The zero-order chi connectivity index (χ0) is 24.9. The van der Waals surface area contributed by atoms with Gasteiger partial charge in [-0.25, -0.2) is 4.79 Å². The van der Waals surface area contributed by atoms with Crippen molar-refractivity contribution in [3.63, 3.8) is 0 Å². The number of carboxylic acids is 1. The molecule has 1 fully saturated rings. The molecule has 0 amide bonds. The van der Waals surface area contributed by atoms with Gasteiger partial charge < -0.3 is 19.7 Å². The quantitative estimate of drug-likeness (QED) is 0.643. The number of carboxylic acid groups (broad SMARTS) is 1. The molecule has 0 aromatic heterocycles. The highest BCUT2D eigenvalue weighted by atomic mass is 16.5. The molecule has 1 aromatic carbocycles. The highest BCUT2D eigenvalue weighted by Crippen LogP contribution is 2.61. The molecule has 7 nitrogen and oxygen atoms in total. The van der Waals surface area contributed by atoms with Gasteiger partial charge in [0, 0.05) is 23.8 Å². The number of rotatable bonds is 5. The molecule has 0 bridgehead atoms. The van der Waals surface area contributed by atoms with Crippen molar-refractivity contribution < 1.29 is 29.3 Å². The van der Waals surface area contributed by atoms with E-state index in [1.807, 2.05) is 13.0 Å². The maximum atomic E-state index is 13.2. The van der Waals surface area contributed by atoms with Gasteiger partial charge in [-0.2, -0.15) is 0 Å². The predicted octanol–water partition coefficient (Wildman–Crippen LogP) is 3.81. The van der Waals surface area contributed by atoms with Gasteiger partial charge in [0.05, 0.1) is 12.7 Å². The molecule has 2 aliphatic rings. The number of methoxy groups -OCH3 is 1. The lowest BCUT2D eigenvalue weighted by atomic mass is 9.49. The molecule has 4 atom stereocenters. The summed E-state index contributed by atoms with van der Waals surface area (Å²) >= 11 is 0. The van der Waals surface area contributed by atoms with Crippen molar-refractivity contribution >= 4 is 11.9 Å². The van der Waals surface area contributed by atoms with Gasteiger partial charge in [0.2, 0.25) is 0 Å². The molecule has 0 unspecified atom stereocenters. The number of fused-ring (bicyclic) bond motifs is 1. The van der Waals surface area contributed by atoms with Gasteiger partial charge in [-0.3, -0.25) is 9.59 Å². The Morgan fingerprint density at radius 3 is 2.45 bits per heavy atom. The van der Waals surface area contributed by atoms with Crippen LogP contribution in [0.1, 0.15) is 80.4 Å². The Hall–Kier alpha value is -2.41. The van der Waals surface area contributed by atoms with Gasteiger partial charge in [-0.15, -0.1) is 0 Å². The first kappa shape index (κ1) is 25.2. The summed E-state index contributed by atoms with van der Waals surface area (Å²) in [7, 11) is 1.25. The number of hydrogen-bond acceptors (Lipinski definition) is 6. The predicted molar refractivity (Wildman–Crippen MR) is 124 cm³/mol. The molecule has 1 saturated carbocycles. The summed E-state index contributed by atoms with van der Waals surface area (Å²) in [6.07, 6.45) is 2.35. The first-order valence-electron chi connectivity index (χ1n) is 11.6. The van der Waals surface area contributed by atoms with Crippen LogP contribution in [0.5, 0.6) is 5.75 Å². The van der Waals surface area contributed by atoms with E-state index < -0.39 is 34.0 Å². The summed E-state index contributed by atoms with van der Waals surface area (Å²) in [5.41, 5.74) is -1.21. The molecule has 182 valence electrons. The zero-order valence-electron chi connectivity index (χ0n) is 20.7. The van der Waals surface area contributed by atoms with Gasteiger partial charge in [0.25, 0.3) is 0 Å². The Morgan fingerprint density at radius 2 is 1.91 bits per heavy atom. The normalized spacial score (nSPS) is 28.8. The van der Waals surface area contributed by atoms with E-state index in [1.54, 1.807) is 27.7 Å². The summed E-state index contributed by atoms with van der Waals surface area (Å²) in [6, 6.07) is 1.82. The maximum Gasteiger partial charge on any atom is 0.342 e. The third-order valence-electron chi connectivity index (χ3n) is 8.24. The lowest BCUT2D eigenvalue weighted by molar-refractivity contribution is -0.188. The molecule has 1 aliphatic carbocycles. The van der Waals surface area contributed by atoms with E-state index in [0.29, 0.717) is 29.7 Å². The van der Waals surface area contributed by atoms with Crippen molar-refractivity contribution in [2.75, 3.05) is 7.11 Å². The molecule has 1 aliphatic heterocycles. The third-order valence-corrected chi connectivity index (χ3v) is 8.24. The molecule has 0 saturated heterocycles. The fraction of sp³-hybridized carbons (Fsp3) is 0.654. The second kappa shape index (κ2) is 8.42. The van der Waals surface area contributed by atoms with E-state index in [1.165, 1.54) is 7.11 Å². The van der Waals surface area contributed by atoms with Crippen LogP contribution in [0.2, 0.25) is 0 Å². The standard InChI is InChI=1S/C26H36O7/c1-14-12-17-13-26(33-22(17)16(3)21(29)20(14)23(30)32-7)15(2)8-9-18(24(4,5)31)25(26,6)11-10-19(27)28/h12,15,18,31H,8-11,13H2,1-7H3,(H,27,28)/t15-,18+,25+,26+/m0/s1. The highest BCUT2D eigenvalue weighted by molar-refractivity contribution is 5.91. The largest absolute Gasteiger partial charge is 0.485 e. The second-order valence-corrected chi connectivity index (χ2v) is 10.7. The first-order chi connectivity index (χ1) is 15.2. The van der Waals surface area contributed by atoms with Crippen molar-refractivity contribution in [3.05, 3.63) is 38.5 Å². The van der Waals surface area contributed by atoms with Crippen LogP contribution in [0.4, 0.5) is 0 Å². The van der Waals surface area contributed by atoms with Crippen LogP contribution in [0.3, 0.4) is 0 Å². The fourth-order valence-electron chi connectivity index (χ4n) is 6.54. The molecule has 1 heterocycles. The minimum absolute atomic E-state index is 0.00162. The molecule has 1 spiro atoms. The first-order valence-corrected chi connectivity index (χ1v) is 11.6. The number of hydrogen-bond donors (Lipinski definition) is 2. The summed E-state index contributed by atoms with van der Waals surface area (Å²) < 4.78 is 11.6. The lowest BCUT2D eigenvalue weighted by Crippen LogP contribution is -2.64. The molecule has 7 heteroatoms. The number of aliphatic hydroxyl groups is 1. The van der Waals surface area contributed by atoms with Gasteiger partial charge in [0.15, 0.2) is 5.43 Å². The molecule has 3 rings (SSSR count). The molecule has 2 N–H and O–H groups in total. The highest BCUT2D eigenvalue weighted by Gasteiger charge is 2.64. The average molecular weight is 461 g/mol. The summed E-state index contributed by atoms with van der Waals surface area (Å²) in [4.78, 5) is 37.1. The lowest BCUT2D eigenvalue weighted by Gasteiger charge is -2.59. The van der Waals surface area contributed by atoms with Crippen LogP contribution in [0.25, 0.3) is 0 Å². The smallest absolute Gasteiger partial charge is 0.342 e. The Balaban J connectivity index is 2.23. The van der Waals surface area contributed by atoms with Crippen LogP contribution in [0, 0.1) is 31.1 Å². The van der Waals surface area contributed by atoms with Crippen molar-refractivity contribution in [2.45, 2.75) is 84.8 Å². The van der Waals surface area contributed by atoms with Crippen molar-refractivity contribution in [1.29, 1.82) is 0 Å². The Kier molecular flexibility index (Phi) is 6.44. The SMILES string of the molecule is COC(=O)c1c(C)cc2c(c(C)c1=O)O[C@]1(C2)[C@@H](C)CC[C@H](C(C)(C)O)[C@@]1(C)CCC(=O)O. The number of esters is 1. The molecular weight excluding hydrogens is 424 g/mol. The van der Waals surface area contributed by atoms with Crippen molar-refractivity contribution in [3.8, 4) is 5.75 Å². The summed E-state index contributed by atoms with van der Waals surface area (Å²) in [5.74, 6) is -1.23. The third kappa shape index (κ3) is 3.94. The van der Waals surface area contributed by atoms with E-state index in [2.05, 4.69) is 6.92 Å². The number of carbonyl (C=O) groups is 2. The van der Waals surface area contributed by atoms with Crippen molar-refractivity contribution in [2.24, 2.45) is 17.3 Å². The number of ether oxygens (including phenoxy) is 2. The topological polar surface area (TPSA) is 110 Å². The fourth-order valence-corrected chi connectivity index (χ4v) is 6.54. The van der Waals surface area contributed by atoms with Crippen LogP contribution in [-0.2, 0) is 16.0 Å². The Labute approximate surface area is 195 Å². The summed E-state index contributed by atoms with van der Waals surface area (Å²) in [6.45, 7) is 11.0. The number of aryl methyl sites for hydroxylation is 1. The number of aliphatic carboxylic acids is 1. The number of carbonyl (C=O) groups excluding carboxylic acids is 1. The molecular formula is C26H36O7. The van der Waals surface area contributed by atoms with Gasteiger partial charge >= 0.3 is 11.9 Å². The van der Waals surface area contributed by atoms with E-state index in [-0.39, 0.29) is 23.8 Å². The Bertz CT molecular complexity index is 1040. The van der Waals surface area contributed by atoms with E-state index in [0.717, 1.165) is 18.4 Å². The average Bonchev–Trinajstić information content (AvgIpc) is 3.06. The van der Waals surface area contributed by atoms with Gasteiger partial charge in [-0.05, 0) is 69.9 Å². The zero-order valence-corrected chi connectivity index (χ0v) is 20.7. The van der Waals surface area contributed by atoms with E-state index in [4.69, 9.17) is 9.47 Å². The minimum atomic E-state index is -1.03. The maximum absolute atomic E-state index is 13.2. The van der Waals surface area contributed by atoms with Crippen molar-refractivity contribution in [1.82, 2.24) is 0 Å². The monoisotopic (exact) mass is 460 g/mol. The molecule has 33 heavy (non-hydrogen) atoms.